The van der Waals surface area contributed by atoms with E-state index in [0.29, 0.717) is 31.0 Å². The highest BCUT2D eigenvalue weighted by Crippen LogP contribution is 2.19. The van der Waals surface area contributed by atoms with Crippen molar-refractivity contribution in [1.82, 2.24) is 4.72 Å². The highest BCUT2D eigenvalue weighted by atomic mass is 32.2. The lowest BCUT2D eigenvalue weighted by molar-refractivity contribution is 0.0913. The van der Waals surface area contributed by atoms with Crippen molar-refractivity contribution in [1.29, 1.82) is 0 Å². The first-order valence-electron chi connectivity index (χ1n) is 6.68. The number of aliphatic hydroxyl groups excluding tert-OH is 1. The maximum absolute atomic E-state index is 11.7. The van der Waals surface area contributed by atoms with Crippen molar-refractivity contribution in [2.24, 2.45) is 0 Å². The molecule has 0 aliphatic carbocycles. The van der Waals surface area contributed by atoms with Crippen LogP contribution in [0.15, 0.2) is 29.2 Å². The average molecular weight is 334 g/mol. The first kappa shape index (κ1) is 18.2. The predicted molar refractivity (Wildman–Crippen MR) is 85.9 cm³/mol. The number of rotatable bonds is 11. The van der Waals surface area contributed by atoms with Gasteiger partial charge in [-0.05, 0) is 30.7 Å². The quantitative estimate of drug-likeness (QED) is 0.312. The number of anilines is 1. The Morgan fingerprint density at radius 3 is 2.62 bits per heavy atom. The van der Waals surface area contributed by atoms with Crippen molar-refractivity contribution >= 4 is 27.5 Å². The molecule has 0 amide bonds. The molecule has 0 saturated carbocycles. The van der Waals surface area contributed by atoms with Crippen molar-refractivity contribution in [2.45, 2.75) is 11.3 Å². The van der Waals surface area contributed by atoms with E-state index in [1.54, 1.807) is 12.1 Å². The van der Waals surface area contributed by atoms with Crippen LogP contribution in [0, 0.1) is 0 Å². The van der Waals surface area contributed by atoms with E-state index < -0.39 is 10.0 Å². The molecule has 4 N–H and O–H groups in total. The molecule has 0 unspecified atom stereocenters. The first-order chi connectivity index (χ1) is 10.0. The molecule has 0 saturated heterocycles. The van der Waals surface area contributed by atoms with Crippen LogP contribution in [0.3, 0.4) is 0 Å². The number of aliphatic hydroxyl groups is 1. The van der Waals surface area contributed by atoms with Gasteiger partial charge in [0.05, 0.1) is 19.0 Å². The smallest absolute Gasteiger partial charge is 0.212 e. The second kappa shape index (κ2) is 10.0. The number of thioether (sulfide) groups is 1. The Balaban J connectivity index is 2.16. The Kier molecular flexibility index (Phi) is 8.70. The lowest BCUT2D eigenvalue weighted by atomic mass is 10.3. The summed E-state index contributed by atoms with van der Waals surface area (Å²) in [7, 11) is -3.25. The fourth-order valence-corrected chi connectivity index (χ4v) is 3.85. The largest absolute Gasteiger partial charge is 0.399 e. The molecule has 120 valence electrons. The summed E-state index contributed by atoms with van der Waals surface area (Å²) in [5.41, 5.74) is 6.28. The molecule has 0 aliphatic heterocycles. The molecule has 0 aliphatic rings. The van der Waals surface area contributed by atoms with E-state index in [1.807, 2.05) is 12.1 Å². The van der Waals surface area contributed by atoms with Crippen LogP contribution in [0.2, 0.25) is 0 Å². The van der Waals surface area contributed by atoms with Gasteiger partial charge in [-0.2, -0.15) is 0 Å². The maximum atomic E-state index is 11.7. The van der Waals surface area contributed by atoms with Crippen LogP contribution in [-0.2, 0) is 14.8 Å². The van der Waals surface area contributed by atoms with Crippen LogP contribution in [0.1, 0.15) is 6.42 Å². The van der Waals surface area contributed by atoms with Gasteiger partial charge in [0.15, 0.2) is 0 Å². The molecule has 8 heteroatoms. The zero-order valence-electron chi connectivity index (χ0n) is 11.8. The Hall–Kier alpha value is -0.800. The van der Waals surface area contributed by atoms with Crippen molar-refractivity contribution in [2.75, 3.05) is 43.6 Å². The van der Waals surface area contributed by atoms with Gasteiger partial charge in [0, 0.05) is 29.5 Å². The summed E-state index contributed by atoms with van der Waals surface area (Å²) < 4.78 is 31.1. The van der Waals surface area contributed by atoms with Gasteiger partial charge in [0.2, 0.25) is 10.0 Å². The second-order valence-electron chi connectivity index (χ2n) is 4.32. The lowest BCUT2D eigenvalue weighted by Crippen LogP contribution is -2.28. The van der Waals surface area contributed by atoms with Gasteiger partial charge >= 0.3 is 0 Å². The maximum Gasteiger partial charge on any atom is 0.212 e. The Labute approximate surface area is 130 Å². The number of sulfonamides is 1. The van der Waals surface area contributed by atoms with Crippen molar-refractivity contribution in [3.63, 3.8) is 0 Å². The molecule has 6 nitrogen and oxygen atoms in total. The van der Waals surface area contributed by atoms with Crippen molar-refractivity contribution in [3.8, 4) is 0 Å². The van der Waals surface area contributed by atoms with Crippen LogP contribution in [0.25, 0.3) is 0 Å². The third-order valence-corrected chi connectivity index (χ3v) is 5.18. The van der Waals surface area contributed by atoms with Crippen LogP contribution in [0.4, 0.5) is 5.69 Å². The topological polar surface area (TPSA) is 102 Å². The van der Waals surface area contributed by atoms with E-state index >= 15 is 0 Å². The summed E-state index contributed by atoms with van der Waals surface area (Å²) in [4.78, 5) is 0.997. The van der Waals surface area contributed by atoms with E-state index in [0.717, 1.165) is 4.90 Å². The molecule has 0 bridgehead atoms. The summed E-state index contributed by atoms with van der Waals surface area (Å²) >= 11 is 1.48. The third-order valence-electron chi connectivity index (χ3n) is 2.52. The zero-order chi connectivity index (χ0) is 15.6. The zero-order valence-corrected chi connectivity index (χ0v) is 13.5. The van der Waals surface area contributed by atoms with Gasteiger partial charge < -0.3 is 15.6 Å². The summed E-state index contributed by atoms with van der Waals surface area (Å²) in [6.45, 7) is 1.04. The minimum atomic E-state index is -3.25. The van der Waals surface area contributed by atoms with Crippen LogP contribution in [0.5, 0.6) is 0 Å². The van der Waals surface area contributed by atoms with E-state index in [-0.39, 0.29) is 19.0 Å². The van der Waals surface area contributed by atoms with Gasteiger partial charge in [-0.15, -0.1) is 11.8 Å². The van der Waals surface area contributed by atoms with Crippen LogP contribution >= 0.6 is 11.8 Å². The highest BCUT2D eigenvalue weighted by molar-refractivity contribution is 8.00. The van der Waals surface area contributed by atoms with Gasteiger partial charge in [-0.25, -0.2) is 13.1 Å². The molecular weight excluding hydrogens is 312 g/mol. The number of ether oxygens (including phenoxy) is 1. The molecule has 0 aromatic heterocycles. The van der Waals surface area contributed by atoms with E-state index in [4.69, 9.17) is 15.6 Å². The second-order valence-corrected chi connectivity index (χ2v) is 7.41. The fraction of sp³-hybridized carbons (Fsp3) is 0.538. The van der Waals surface area contributed by atoms with E-state index in [2.05, 4.69) is 4.72 Å². The SMILES string of the molecule is Nc1ccc(SCCS(=O)(=O)NCCCOCCO)cc1. The number of hydrogen-bond acceptors (Lipinski definition) is 6. The average Bonchev–Trinajstić information content (AvgIpc) is 2.45. The van der Waals surface area contributed by atoms with Crippen LogP contribution < -0.4 is 10.5 Å². The molecular formula is C13H22N2O4S2. The molecule has 0 atom stereocenters. The number of benzene rings is 1. The molecule has 0 spiro atoms. The minimum Gasteiger partial charge on any atom is -0.399 e. The highest BCUT2D eigenvalue weighted by Gasteiger charge is 2.09. The number of nitrogens with two attached hydrogens (primary N) is 1. The molecule has 1 aromatic carbocycles. The predicted octanol–water partition coefficient (Wildman–Crippen LogP) is 0.679. The van der Waals surface area contributed by atoms with E-state index in [9.17, 15) is 8.42 Å². The number of nitrogens with one attached hydrogen (secondary N) is 1. The van der Waals surface area contributed by atoms with Gasteiger partial charge in [-0.3, -0.25) is 0 Å². The summed E-state index contributed by atoms with van der Waals surface area (Å²) in [6.07, 6.45) is 0.588. The lowest BCUT2D eigenvalue weighted by Gasteiger charge is -2.07. The standard InChI is InChI=1S/C13H22N2O4S2/c14-12-2-4-13(5-3-12)20-10-11-21(17,18)15-6-1-8-19-9-7-16/h2-5,15-16H,1,6-11,14H2. The molecule has 21 heavy (non-hydrogen) atoms. The molecule has 1 rings (SSSR count). The first-order valence-corrected chi connectivity index (χ1v) is 9.31. The van der Waals surface area contributed by atoms with Crippen LogP contribution in [-0.4, -0.2) is 51.4 Å². The van der Waals surface area contributed by atoms with Gasteiger partial charge in [-0.1, -0.05) is 0 Å². The van der Waals surface area contributed by atoms with Gasteiger partial charge in [0.1, 0.15) is 0 Å². The molecule has 0 fully saturated rings. The van der Waals surface area contributed by atoms with E-state index in [1.165, 1.54) is 11.8 Å². The summed E-state index contributed by atoms with van der Waals surface area (Å²) in [6, 6.07) is 7.33. The minimum absolute atomic E-state index is 0.0198. The van der Waals surface area contributed by atoms with Crippen molar-refractivity contribution in [3.05, 3.63) is 24.3 Å². The summed E-state index contributed by atoms with van der Waals surface area (Å²) in [5, 5.41) is 8.51. The molecule has 0 heterocycles. The third kappa shape index (κ3) is 8.94. The molecule has 1 aromatic rings. The Morgan fingerprint density at radius 1 is 1.24 bits per heavy atom. The normalized spacial score (nSPS) is 11.7. The Morgan fingerprint density at radius 2 is 1.95 bits per heavy atom. The number of nitrogen functional groups attached to an aromatic ring is 1. The van der Waals surface area contributed by atoms with Crippen molar-refractivity contribution < 1.29 is 18.3 Å². The molecule has 0 radical (unpaired) electrons. The van der Waals surface area contributed by atoms with Gasteiger partial charge in [0.25, 0.3) is 0 Å². The fourth-order valence-electron chi connectivity index (χ4n) is 1.47. The number of hydrogen-bond donors (Lipinski definition) is 3. The Bertz CT molecular complexity index is 491. The monoisotopic (exact) mass is 334 g/mol. The summed E-state index contributed by atoms with van der Waals surface area (Å²) in [5.74, 6) is 0.555.